The van der Waals surface area contributed by atoms with Crippen LogP contribution in [-0.4, -0.2) is 38.3 Å². The van der Waals surface area contributed by atoms with Crippen LogP contribution >= 0.6 is 11.8 Å². The van der Waals surface area contributed by atoms with Crippen molar-refractivity contribution in [1.29, 1.82) is 0 Å². The predicted octanol–water partition coefficient (Wildman–Crippen LogP) is 4.84. The minimum absolute atomic E-state index is 0.258. The number of nitrogens with two attached hydrogens (primary N) is 1. The molecule has 1 aliphatic heterocycles. The van der Waals surface area contributed by atoms with Gasteiger partial charge in [0.05, 0.1) is 17.3 Å². The number of nitrogen functional groups attached to an aromatic ring is 1. The fourth-order valence-corrected chi connectivity index (χ4v) is 4.82. The second-order valence-corrected chi connectivity index (χ2v) is 8.90. The molecule has 0 saturated carbocycles. The summed E-state index contributed by atoms with van der Waals surface area (Å²) in [6, 6.07) is 18.5. The van der Waals surface area contributed by atoms with Crippen molar-refractivity contribution in [1.82, 2.24) is 19.9 Å². The van der Waals surface area contributed by atoms with Gasteiger partial charge in [0, 0.05) is 28.9 Å². The number of aryl methyl sites for hydroxylation is 1. The highest BCUT2D eigenvalue weighted by atomic mass is 32.2. The maximum absolute atomic E-state index is 6.46. The van der Waals surface area contributed by atoms with Gasteiger partial charge in [-0.25, -0.2) is 9.66 Å². The van der Waals surface area contributed by atoms with E-state index in [-0.39, 0.29) is 6.10 Å². The van der Waals surface area contributed by atoms with Crippen LogP contribution < -0.4 is 5.84 Å². The van der Waals surface area contributed by atoms with Crippen LogP contribution in [0.4, 0.5) is 0 Å². The molecule has 158 valence electrons. The van der Waals surface area contributed by atoms with E-state index in [1.54, 1.807) is 16.4 Å². The Morgan fingerprint density at radius 3 is 2.74 bits per heavy atom. The number of hydrogen-bond acceptors (Lipinski definition) is 6. The lowest BCUT2D eigenvalue weighted by Crippen LogP contribution is -2.22. The van der Waals surface area contributed by atoms with Gasteiger partial charge < -0.3 is 10.6 Å². The fourth-order valence-electron chi connectivity index (χ4n) is 3.90. The normalized spacial score (nSPS) is 16.6. The highest BCUT2D eigenvalue weighted by Gasteiger charge is 2.19. The zero-order valence-corrected chi connectivity index (χ0v) is 18.3. The third-order valence-corrected chi connectivity index (χ3v) is 6.72. The molecule has 2 aromatic carbocycles. The van der Waals surface area contributed by atoms with E-state index in [1.807, 2.05) is 24.3 Å². The molecule has 1 atom stereocenters. The van der Waals surface area contributed by atoms with E-state index < -0.39 is 0 Å². The summed E-state index contributed by atoms with van der Waals surface area (Å²) in [6.07, 6.45) is 3.72. The Morgan fingerprint density at radius 1 is 1.10 bits per heavy atom. The third-order valence-electron chi connectivity index (χ3n) is 5.64. The molecule has 31 heavy (non-hydrogen) atoms. The van der Waals surface area contributed by atoms with Crippen LogP contribution in [0.3, 0.4) is 0 Å². The molecule has 0 bridgehead atoms. The highest BCUT2D eigenvalue weighted by Crippen LogP contribution is 2.32. The van der Waals surface area contributed by atoms with Gasteiger partial charge in [-0.2, -0.15) is 0 Å². The second-order valence-electron chi connectivity index (χ2n) is 7.91. The van der Waals surface area contributed by atoms with Gasteiger partial charge >= 0.3 is 0 Å². The predicted molar refractivity (Wildman–Crippen MR) is 125 cm³/mol. The molecule has 0 radical (unpaired) electrons. The molecule has 1 unspecified atom stereocenters. The minimum Gasteiger partial charge on any atom is -0.377 e. The summed E-state index contributed by atoms with van der Waals surface area (Å²) < 4.78 is 7.43. The minimum atomic E-state index is 0.258. The molecule has 0 amide bonds. The van der Waals surface area contributed by atoms with Gasteiger partial charge in [0.1, 0.15) is 0 Å². The number of aromatic nitrogens is 4. The summed E-state index contributed by atoms with van der Waals surface area (Å²) in [5.41, 5.74) is 5.00. The topological polar surface area (TPSA) is 78.9 Å². The largest absolute Gasteiger partial charge is 0.377 e. The van der Waals surface area contributed by atoms with E-state index in [0.717, 1.165) is 52.9 Å². The number of rotatable bonds is 5. The van der Waals surface area contributed by atoms with E-state index in [1.165, 1.54) is 12.0 Å². The molecule has 7 heteroatoms. The molecular formula is C24H25N5OS. The maximum Gasteiger partial charge on any atom is 0.210 e. The summed E-state index contributed by atoms with van der Waals surface area (Å²) in [6.45, 7) is 2.92. The number of nitrogens with zero attached hydrogens (tertiary/aromatic N) is 4. The molecule has 0 aliphatic carbocycles. The van der Waals surface area contributed by atoms with Crippen LogP contribution in [0.1, 0.15) is 24.8 Å². The van der Waals surface area contributed by atoms with Gasteiger partial charge in [-0.15, -0.1) is 10.2 Å². The number of para-hydroxylation sites is 1. The molecule has 6 nitrogen and oxygen atoms in total. The van der Waals surface area contributed by atoms with Crippen LogP contribution in [0, 0.1) is 6.92 Å². The molecule has 1 fully saturated rings. The van der Waals surface area contributed by atoms with Crippen molar-refractivity contribution in [2.24, 2.45) is 0 Å². The first kappa shape index (κ1) is 20.0. The van der Waals surface area contributed by atoms with Gasteiger partial charge in [-0.1, -0.05) is 59.8 Å². The molecule has 2 aromatic heterocycles. The van der Waals surface area contributed by atoms with E-state index >= 15 is 0 Å². The Hall–Kier alpha value is -2.90. The van der Waals surface area contributed by atoms with Crippen molar-refractivity contribution in [3.8, 4) is 22.6 Å². The van der Waals surface area contributed by atoms with Crippen molar-refractivity contribution in [2.75, 3.05) is 18.2 Å². The molecule has 0 spiro atoms. The van der Waals surface area contributed by atoms with E-state index in [4.69, 9.17) is 15.6 Å². The summed E-state index contributed by atoms with van der Waals surface area (Å²) in [5.74, 6) is 7.93. The van der Waals surface area contributed by atoms with Crippen molar-refractivity contribution in [3.63, 3.8) is 0 Å². The first-order valence-corrected chi connectivity index (χ1v) is 11.6. The summed E-state index contributed by atoms with van der Waals surface area (Å²) in [4.78, 5) is 4.88. The van der Waals surface area contributed by atoms with Crippen LogP contribution in [0.2, 0.25) is 0 Å². The van der Waals surface area contributed by atoms with Crippen LogP contribution in [-0.2, 0) is 4.74 Å². The van der Waals surface area contributed by atoms with E-state index in [0.29, 0.717) is 11.0 Å². The SMILES string of the molecule is Cc1ccc(-c2cc(-c3nnc(SCC4CCCCO4)n3N)c3ccccc3n2)cc1. The Labute approximate surface area is 185 Å². The fraction of sp³-hybridized carbons (Fsp3) is 0.292. The molecule has 1 saturated heterocycles. The summed E-state index contributed by atoms with van der Waals surface area (Å²) in [7, 11) is 0. The second kappa shape index (κ2) is 8.69. The van der Waals surface area contributed by atoms with Gasteiger partial charge in [-0.3, -0.25) is 0 Å². The average molecular weight is 432 g/mol. The number of thioether (sulfide) groups is 1. The molecule has 2 N–H and O–H groups in total. The number of benzene rings is 2. The zero-order valence-electron chi connectivity index (χ0n) is 17.5. The molecular weight excluding hydrogens is 406 g/mol. The number of hydrogen-bond donors (Lipinski definition) is 1. The van der Waals surface area contributed by atoms with Gasteiger partial charge in [0.2, 0.25) is 5.16 Å². The van der Waals surface area contributed by atoms with Crippen molar-refractivity contribution in [3.05, 3.63) is 60.2 Å². The first-order valence-electron chi connectivity index (χ1n) is 10.6. The smallest absolute Gasteiger partial charge is 0.210 e. The van der Waals surface area contributed by atoms with Gasteiger partial charge in [-0.05, 0) is 38.3 Å². The van der Waals surface area contributed by atoms with Crippen molar-refractivity contribution in [2.45, 2.75) is 37.4 Å². The molecule has 4 aromatic rings. The van der Waals surface area contributed by atoms with E-state index in [2.05, 4.69) is 47.5 Å². The van der Waals surface area contributed by atoms with E-state index in [9.17, 15) is 0 Å². The number of pyridine rings is 1. The Kier molecular flexibility index (Phi) is 5.61. The lowest BCUT2D eigenvalue weighted by atomic mass is 10.0. The quantitative estimate of drug-likeness (QED) is 0.360. The van der Waals surface area contributed by atoms with Crippen LogP contribution in [0.5, 0.6) is 0 Å². The lowest BCUT2D eigenvalue weighted by Gasteiger charge is -2.21. The van der Waals surface area contributed by atoms with Gasteiger partial charge in [0.15, 0.2) is 5.82 Å². The first-order chi connectivity index (χ1) is 15.2. The van der Waals surface area contributed by atoms with Gasteiger partial charge in [0.25, 0.3) is 0 Å². The summed E-state index contributed by atoms with van der Waals surface area (Å²) >= 11 is 1.60. The molecule has 5 rings (SSSR count). The lowest BCUT2D eigenvalue weighted by molar-refractivity contribution is 0.0315. The third kappa shape index (κ3) is 4.16. The Bertz CT molecular complexity index is 1200. The van der Waals surface area contributed by atoms with Crippen molar-refractivity contribution >= 4 is 22.7 Å². The average Bonchev–Trinajstić information content (AvgIpc) is 3.18. The zero-order chi connectivity index (χ0) is 21.2. The highest BCUT2D eigenvalue weighted by molar-refractivity contribution is 7.99. The summed E-state index contributed by atoms with van der Waals surface area (Å²) in [5, 5.41) is 10.5. The Balaban J connectivity index is 1.52. The maximum atomic E-state index is 6.46. The Morgan fingerprint density at radius 2 is 1.94 bits per heavy atom. The number of fused-ring (bicyclic) bond motifs is 1. The standard InChI is InChI=1S/C24H25N5OS/c1-16-9-11-17(12-10-16)22-14-20(19-7-2-3-8-21(19)26-22)23-27-28-24(29(23)25)31-15-18-6-4-5-13-30-18/h2-3,7-12,14,18H,4-6,13,15,25H2,1H3. The van der Waals surface area contributed by atoms with Crippen LogP contribution in [0.25, 0.3) is 33.5 Å². The van der Waals surface area contributed by atoms with Crippen molar-refractivity contribution < 1.29 is 4.74 Å². The molecule has 3 heterocycles. The number of ether oxygens (including phenoxy) is 1. The molecule has 1 aliphatic rings. The van der Waals surface area contributed by atoms with Crippen LogP contribution in [0.15, 0.2) is 59.8 Å². The monoisotopic (exact) mass is 431 g/mol.